The monoisotopic (exact) mass is 232 g/mol. The second-order valence-electron chi connectivity index (χ2n) is 3.57. The van der Waals surface area contributed by atoms with Crippen molar-refractivity contribution in [2.75, 3.05) is 7.11 Å². The Hall–Kier alpha value is -2.30. The number of hydrogen-bond acceptors (Lipinski definition) is 3. The molecule has 0 spiro atoms. The summed E-state index contributed by atoms with van der Waals surface area (Å²) < 4.78 is 6.66. The molecule has 0 amide bonds. The summed E-state index contributed by atoms with van der Waals surface area (Å²) in [5.41, 5.74) is 1.51. The van der Waals surface area contributed by atoms with Gasteiger partial charge in [0.05, 0.1) is 19.0 Å². The van der Waals surface area contributed by atoms with Gasteiger partial charge >= 0.3 is 5.97 Å². The predicted molar refractivity (Wildman–Crippen MR) is 62.2 cm³/mol. The molecule has 0 aliphatic rings. The van der Waals surface area contributed by atoms with E-state index >= 15 is 0 Å². The van der Waals surface area contributed by atoms with Crippen molar-refractivity contribution >= 4 is 5.97 Å². The van der Waals surface area contributed by atoms with Crippen LogP contribution in [0.1, 0.15) is 10.4 Å². The van der Waals surface area contributed by atoms with Gasteiger partial charge in [-0.15, -0.1) is 0 Å². The zero-order valence-electron chi connectivity index (χ0n) is 9.54. The normalized spacial score (nSPS) is 10.2. The Bertz CT molecular complexity index is 561. The molecular weight excluding hydrogens is 220 g/mol. The molecule has 0 unspecified atom stereocenters. The topological polar surface area (TPSA) is 64.3 Å². The van der Waals surface area contributed by atoms with Gasteiger partial charge in [0.25, 0.3) is 0 Å². The van der Waals surface area contributed by atoms with Crippen molar-refractivity contribution in [3.05, 3.63) is 36.0 Å². The molecule has 0 bridgehead atoms. The number of aromatic carboxylic acids is 1. The molecule has 1 aromatic heterocycles. The summed E-state index contributed by atoms with van der Waals surface area (Å²) in [6, 6.07) is 7.22. The van der Waals surface area contributed by atoms with E-state index in [1.54, 1.807) is 26.3 Å². The molecule has 0 aliphatic heterocycles. The number of carboxylic acids is 1. The number of nitrogens with zero attached hydrogens (tertiary/aromatic N) is 2. The van der Waals surface area contributed by atoms with Crippen molar-refractivity contribution in [2.45, 2.75) is 0 Å². The van der Waals surface area contributed by atoms with E-state index in [0.717, 1.165) is 5.56 Å². The number of carbonyl (C=O) groups is 1. The van der Waals surface area contributed by atoms with E-state index in [2.05, 4.69) is 5.10 Å². The second-order valence-corrected chi connectivity index (χ2v) is 3.57. The first-order chi connectivity index (χ1) is 8.13. The molecule has 88 valence electrons. The van der Waals surface area contributed by atoms with Crippen LogP contribution in [0.3, 0.4) is 0 Å². The van der Waals surface area contributed by atoms with Crippen LogP contribution in [-0.4, -0.2) is 28.0 Å². The van der Waals surface area contributed by atoms with E-state index in [4.69, 9.17) is 9.84 Å². The summed E-state index contributed by atoms with van der Waals surface area (Å²) >= 11 is 0. The van der Waals surface area contributed by atoms with Crippen molar-refractivity contribution in [3.63, 3.8) is 0 Å². The third-order valence-electron chi connectivity index (χ3n) is 2.51. The maximum atomic E-state index is 11.1. The second kappa shape index (κ2) is 4.29. The Kier molecular flexibility index (Phi) is 2.82. The number of benzene rings is 1. The van der Waals surface area contributed by atoms with Gasteiger partial charge in [-0.25, -0.2) is 4.79 Å². The summed E-state index contributed by atoms with van der Waals surface area (Å²) in [6.07, 6.45) is 1.34. The zero-order valence-corrected chi connectivity index (χ0v) is 9.54. The Morgan fingerprint density at radius 3 is 2.88 bits per heavy atom. The fourth-order valence-corrected chi connectivity index (χ4v) is 1.71. The van der Waals surface area contributed by atoms with Crippen LogP contribution < -0.4 is 4.74 Å². The van der Waals surface area contributed by atoms with Gasteiger partial charge in [0.1, 0.15) is 11.3 Å². The molecule has 0 saturated carbocycles. The summed E-state index contributed by atoms with van der Waals surface area (Å²) in [7, 11) is 3.28. The highest BCUT2D eigenvalue weighted by molar-refractivity contribution is 5.94. The molecule has 0 aliphatic carbocycles. The fourth-order valence-electron chi connectivity index (χ4n) is 1.71. The molecule has 1 heterocycles. The van der Waals surface area contributed by atoms with Crippen LogP contribution in [0, 0.1) is 0 Å². The lowest BCUT2D eigenvalue weighted by Crippen LogP contribution is -2.00. The number of carboxylic acid groups (broad SMARTS) is 1. The number of aromatic nitrogens is 2. The van der Waals surface area contributed by atoms with E-state index in [1.165, 1.54) is 10.9 Å². The average Bonchev–Trinajstić information content (AvgIpc) is 2.71. The van der Waals surface area contributed by atoms with Gasteiger partial charge in [0.15, 0.2) is 0 Å². The SMILES string of the molecule is COc1cccc(-c2c(C(=O)O)cnn2C)c1. The minimum atomic E-state index is -0.990. The number of hydrogen-bond donors (Lipinski definition) is 1. The molecule has 17 heavy (non-hydrogen) atoms. The lowest BCUT2D eigenvalue weighted by Gasteiger charge is -2.06. The van der Waals surface area contributed by atoms with E-state index in [-0.39, 0.29) is 5.56 Å². The quantitative estimate of drug-likeness (QED) is 0.876. The van der Waals surface area contributed by atoms with Gasteiger partial charge in [-0.05, 0) is 12.1 Å². The van der Waals surface area contributed by atoms with Gasteiger partial charge in [-0.3, -0.25) is 4.68 Å². The highest BCUT2D eigenvalue weighted by Gasteiger charge is 2.16. The van der Waals surface area contributed by atoms with Crippen LogP contribution in [0.15, 0.2) is 30.5 Å². The number of aryl methyl sites for hydroxylation is 1. The van der Waals surface area contributed by atoms with Crippen molar-refractivity contribution in [3.8, 4) is 17.0 Å². The van der Waals surface area contributed by atoms with Gasteiger partial charge in [-0.1, -0.05) is 12.1 Å². The highest BCUT2D eigenvalue weighted by Crippen LogP contribution is 2.26. The molecule has 0 fully saturated rings. The summed E-state index contributed by atoms with van der Waals surface area (Å²) in [5, 5.41) is 13.0. The minimum absolute atomic E-state index is 0.181. The van der Waals surface area contributed by atoms with E-state index in [0.29, 0.717) is 11.4 Å². The van der Waals surface area contributed by atoms with E-state index in [1.807, 2.05) is 12.1 Å². The molecule has 0 atom stereocenters. The lowest BCUT2D eigenvalue weighted by atomic mass is 10.1. The van der Waals surface area contributed by atoms with Crippen LogP contribution >= 0.6 is 0 Å². The molecule has 5 nitrogen and oxygen atoms in total. The maximum Gasteiger partial charge on any atom is 0.339 e. The van der Waals surface area contributed by atoms with Gasteiger partial charge < -0.3 is 9.84 Å². The van der Waals surface area contributed by atoms with Crippen LogP contribution in [0.25, 0.3) is 11.3 Å². The Morgan fingerprint density at radius 1 is 1.47 bits per heavy atom. The first-order valence-electron chi connectivity index (χ1n) is 5.03. The van der Waals surface area contributed by atoms with Gasteiger partial charge in [-0.2, -0.15) is 5.10 Å². The highest BCUT2D eigenvalue weighted by atomic mass is 16.5. The number of ether oxygens (including phenoxy) is 1. The molecule has 0 saturated heterocycles. The van der Waals surface area contributed by atoms with Crippen molar-refractivity contribution in [1.29, 1.82) is 0 Å². The largest absolute Gasteiger partial charge is 0.497 e. The van der Waals surface area contributed by atoms with Crippen molar-refractivity contribution in [2.24, 2.45) is 7.05 Å². The smallest absolute Gasteiger partial charge is 0.339 e. The van der Waals surface area contributed by atoms with Crippen molar-refractivity contribution in [1.82, 2.24) is 9.78 Å². The van der Waals surface area contributed by atoms with Crippen LogP contribution in [0.5, 0.6) is 5.75 Å². The zero-order chi connectivity index (χ0) is 12.4. The Morgan fingerprint density at radius 2 is 2.24 bits per heavy atom. The molecule has 0 radical (unpaired) electrons. The molecule has 1 N–H and O–H groups in total. The summed E-state index contributed by atoms with van der Waals surface area (Å²) in [4.78, 5) is 11.1. The Balaban J connectivity index is 2.59. The lowest BCUT2D eigenvalue weighted by molar-refractivity contribution is 0.0697. The first-order valence-corrected chi connectivity index (χ1v) is 5.03. The standard InChI is InChI=1S/C12H12N2O3/c1-14-11(10(7-13-14)12(15)16)8-4-3-5-9(6-8)17-2/h3-7H,1-2H3,(H,15,16). The van der Waals surface area contributed by atoms with Gasteiger partial charge in [0, 0.05) is 12.6 Å². The van der Waals surface area contributed by atoms with Crippen LogP contribution in [0.4, 0.5) is 0 Å². The molecule has 1 aromatic carbocycles. The summed E-state index contributed by atoms with van der Waals surface area (Å²) in [5.74, 6) is -0.309. The maximum absolute atomic E-state index is 11.1. The fraction of sp³-hybridized carbons (Fsp3) is 0.167. The predicted octanol–water partition coefficient (Wildman–Crippen LogP) is 1.79. The third-order valence-corrected chi connectivity index (χ3v) is 2.51. The first kappa shape index (κ1) is 11.2. The summed E-state index contributed by atoms with van der Waals surface area (Å²) in [6.45, 7) is 0. The third kappa shape index (κ3) is 1.99. The molecule has 2 rings (SSSR count). The minimum Gasteiger partial charge on any atom is -0.497 e. The van der Waals surface area contributed by atoms with Gasteiger partial charge in [0.2, 0.25) is 0 Å². The van der Waals surface area contributed by atoms with Crippen molar-refractivity contribution < 1.29 is 14.6 Å². The van der Waals surface area contributed by atoms with Crippen LogP contribution in [-0.2, 0) is 7.05 Å². The average molecular weight is 232 g/mol. The Labute approximate surface area is 98.3 Å². The van der Waals surface area contributed by atoms with E-state index in [9.17, 15) is 4.79 Å². The van der Waals surface area contributed by atoms with Crippen LogP contribution in [0.2, 0.25) is 0 Å². The number of methoxy groups -OCH3 is 1. The number of rotatable bonds is 3. The van der Waals surface area contributed by atoms with E-state index < -0.39 is 5.97 Å². The molecular formula is C12H12N2O3. The molecule has 2 aromatic rings. The molecule has 5 heteroatoms.